The van der Waals surface area contributed by atoms with Crippen LogP contribution in [-0.4, -0.2) is 11.5 Å². The predicted molar refractivity (Wildman–Crippen MR) is 62.9 cm³/mol. The molecule has 1 heterocycles. The van der Waals surface area contributed by atoms with E-state index in [1.54, 1.807) is 0 Å². The molecule has 0 atom stereocenters. The third-order valence-corrected chi connectivity index (χ3v) is 3.10. The summed E-state index contributed by atoms with van der Waals surface area (Å²) in [7, 11) is 0. The summed E-state index contributed by atoms with van der Waals surface area (Å²) in [5.41, 5.74) is 1.56. The van der Waals surface area contributed by atoms with Crippen LogP contribution in [0.2, 0.25) is 0 Å². The summed E-state index contributed by atoms with van der Waals surface area (Å²) < 4.78 is 37.9. The number of pyridine rings is 1. The van der Waals surface area contributed by atoms with Crippen molar-refractivity contribution in [2.75, 3.05) is 17.3 Å². The van der Waals surface area contributed by atoms with E-state index in [0.29, 0.717) is 6.54 Å². The van der Waals surface area contributed by atoms with Crippen molar-refractivity contribution in [1.82, 2.24) is 4.98 Å². The molecule has 0 bridgehead atoms. The Hall–Kier alpha value is -1.50. The van der Waals surface area contributed by atoms with Crippen molar-refractivity contribution in [2.24, 2.45) is 11.3 Å². The van der Waals surface area contributed by atoms with E-state index >= 15 is 0 Å². The summed E-state index contributed by atoms with van der Waals surface area (Å²) >= 11 is 0. The van der Waals surface area contributed by atoms with Gasteiger partial charge in [-0.3, -0.25) is 0 Å². The third kappa shape index (κ3) is 3.04. The van der Waals surface area contributed by atoms with E-state index < -0.39 is 11.7 Å². The average molecular weight is 260 g/mol. The van der Waals surface area contributed by atoms with Gasteiger partial charge in [-0.25, -0.2) is 10.8 Å². The molecule has 1 fully saturated rings. The van der Waals surface area contributed by atoms with E-state index in [2.05, 4.69) is 22.7 Å². The van der Waals surface area contributed by atoms with Gasteiger partial charge in [0.15, 0.2) is 0 Å². The summed E-state index contributed by atoms with van der Waals surface area (Å²) in [6.07, 6.45) is -2.24. The number of nitrogen functional groups attached to an aromatic ring is 1. The molecular formula is C11H15F3N4. The number of alkyl halides is 3. The molecule has 0 spiro atoms. The van der Waals surface area contributed by atoms with E-state index in [4.69, 9.17) is 5.84 Å². The van der Waals surface area contributed by atoms with Crippen molar-refractivity contribution in [3.05, 3.63) is 17.7 Å². The van der Waals surface area contributed by atoms with Crippen LogP contribution < -0.4 is 16.6 Å². The Morgan fingerprint density at radius 2 is 1.94 bits per heavy atom. The predicted octanol–water partition coefficient (Wildman–Crippen LogP) is 2.60. The summed E-state index contributed by atoms with van der Waals surface area (Å²) in [5.74, 6) is 5.30. The van der Waals surface area contributed by atoms with E-state index in [0.717, 1.165) is 25.0 Å². The van der Waals surface area contributed by atoms with Gasteiger partial charge in [0.05, 0.1) is 5.56 Å². The molecule has 1 aromatic rings. The van der Waals surface area contributed by atoms with Gasteiger partial charge in [0.25, 0.3) is 0 Å². The SMILES string of the molecule is CC1(CNc2cc(C(F)(F)F)cc(NN)n2)CC1. The number of hydrogen-bond acceptors (Lipinski definition) is 4. The fourth-order valence-electron chi connectivity index (χ4n) is 1.55. The van der Waals surface area contributed by atoms with Crippen molar-refractivity contribution in [2.45, 2.75) is 25.9 Å². The van der Waals surface area contributed by atoms with Gasteiger partial charge < -0.3 is 10.7 Å². The van der Waals surface area contributed by atoms with Gasteiger partial charge >= 0.3 is 6.18 Å². The number of nitrogens with two attached hydrogens (primary N) is 1. The van der Waals surface area contributed by atoms with E-state index in [9.17, 15) is 13.2 Å². The summed E-state index contributed by atoms with van der Waals surface area (Å²) in [5, 5.41) is 2.93. The maximum Gasteiger partial charge on any atom is 0.416 e. The van der Waals surface area contributed by atoms with Crippen molar-refractivity contribution in [3.63, 3.8) is 0 Å². The Balaban J connectivity index is 2.18. The first kappa shape index (κ1) is 12.9. The summed E-state index contributed by atoms with van der Waals surface area (Å²) in [6, 6.07) is 1.87. The fourth-order valence-corrected chi connectivity index (χ4v) is 1.55. The highest BCUT2D eigenvalue weighted by molar-refractivity contribution is 5.49. The first-order chi connectivity index (χ1) is 8.32. The van der Waals surface area contributed by atoms with Gasteiger partial charge in [0, 0.05) is 6.54 Å². The smallest absolute Gasteiger partial charge is 0.369 e. The third-order valence-electron chi connectivity index (χ3n) is 3.10. The normalized spacial score (nSPS) is 17.4. The lowest BCUT2D eigenvalue weighted by Crippen LogP contribution is -2.16. The zero-order valence-corrected chi connectivity index (χ0v) is 9.93. The first-order valence-corrected chi connectivity index (χ1v) is 5.62. The lowest BCUT2D eigenvalue weighted by atomic mass is 10.1. The van der Waals surface area contributed by atoms with Crippen LogP contribution in [0.4, 0.5) is 24.8 Å². The Kier molecular flexibility index (Phi) is 3.10. The standard InChI is InChI=1S/C11H15F3N4/c1-10(2-3-10)6-16-8-4-7(11(12,13)14)5-9(17-8)18-15/h4-5H,2-3,6,15H2,1H3,(H2,16,17,18). The molecule has 0 radical (unpaired) electrons. The lowest BCUT2D eigenvalue weighted by Gasteiger charge is -2.14. The Labute approximate surface area is 103 Å². The lowest BCUT2D eigenvalue weighted by molar-refractivity contribution is -0.137. The molecule has 4 nitrogen and oxygen atoms in total. The Bertz CT molecular complexity index is 440. The maximum absolute atomic E-state index is 12.6. The molecule has 1 saturated carbocycles. The second kappa shape index (κ2) is 4.31. The number of rotatable bonds is 4. The van der Waals surface area contributed by atoms with E-state index in [-0.39, 0.29) is 17.1 Å². The minimum Gasteiger partial charge on any atom is -0.369 e. The minimum absolute atomic E-state index is 0.00623. The van der Waals surface area contributed by atoms with Crippen LogP contribution in [0, 0.1) is 5.41 Å². The highest BCUT2D eigenvalue weighted by Gasteiger charge is 2.37. The van der Waals surface area contributed by atoms with Crippen molar-refractivity contribution in [1.29, 1.82) is 0 Å². The summed E-state index contributed by atoms with van der Waals surface area (Å²) in [4.78, 5) is 3.95. The molecule has 0 unspecified atom stereocenters. The molecule has 100 valence electrons. The number of anilines is 2. The van der Waals surface area contributed by atoms with Crippen LogP contribution >= 0.6 is 0 Å². The average Bonchev–Trinajstić information content (AvgIpc) is 3.04. The van der Waals surface area contributed by atoms with Crippen LogP contribution in [0.5, 0.6) is 0 Å². The van der Waals surface area contributed by atoms with Gasteiger partial charge in [-0.15, -0.1) is 0 Å². The topological polar surface area (TPSA) is 63.0 Å². The second-order valence-electron chi connectivity index (χ2n) is 4.93. The fraction of sp³-hybridized carbons (Fsp3) is 0.545. The number of hydrazine groups is 1. The molecule has 2 rings (SSSR count). The van der Waals surface area contributed by atoms with Crippen LogP contribution in [0.1, 0.15) is 25.3 Å². The maximum atomic E-state index is 12.6. The largest absolute Gasteiger partial charge is 0.416 e. The molecule has 0 amide bonds. The monoisotopic (exact) mass is 260 g/mol. The zero-order valence-electron chi connectivity index (χ0n) is 9.93. The highest BCUT2D eigenvalue weighted by atomic mass is 19.4. The molecule has 1 aliphatic carbocycles. The van der Waals surface area contributed by atoms with Crippen LogP contribution in [-0.2, 0) is 6.18 Å². The van der Waals surface area contributed by atoms with E-state index in [1.165, 1.54) is 0 Å². The zero-order chi connectivity index (χ0) is 13.4. The quantitative estimate of drug-likeness (QED) is 0.575. The molecule has 0 aliphatic heterocycles. The molecule has 0 aromatic carbocycles. The van der Waals surface area contributed by atoms with Gasteiger partial charge in [-0.2, -0.15) is 13.2 Å². The van der Waals surface area contributed by atoms with Crippen molar-refractivity contribution < 1.29 is 13.2 Å². The highest BCUT2D eigenvalue weighted by Crippen LogP contribution is 2.44. The Morgan fingerprint density at radius 3 is 2.44 bits per heavy atom. The van der Waals surface area contributed by atoms with Crippen LogP contribution in [0.25, 0.3) is 0 Å². The number of hydrogen-bond donors (Lipinski definition) is 3. The van der Waals surface area contributed by atoms with Crippen LogP contribution in [0.3, 0.4) is 0 Å². The molecule has 7 heteroatoms. The summed E-state index contributed by atoms with van der Waals surface area (Å²) in [6.45, 7) is 2.70. The molecular weight excluding hydrogens is 245 g/mol. The van der Waals surface area contributed by atoms with E-state index in [1.807, 2.05) is 0 Å². The minimum atomic E-state index is -4.41. The van der Waals surface area contributed by atoms with Crippen molar-refractivity contribution >= 4 is 11.6 Å². The van der Waals surface area contributed by atoms with Gasteiger partial charge in [0.2, 0.25) is 0 Å². The number of halogens is 3. The van der Waals surface area contributed by atoms with Gasteiger partial charge in [-0.05, 0) is 30.4 Å². The molecule has 0 saturated heterocycles. The number of aromatic nitrogens is 1. The van der Waals surface area contributed by atoms with Gasteiger partial charge in [-0.1, -0.05) is 6.92 Å². The second-order valence-corrected chi connectivity index (χ2v) is 4.93. The number of nitrogens with one attached hydrogen (secondary N) is 2. The molecule has 1 aromatic heterocycles. The van der Waals surface area contributed by atoms with Gasteiger partial charge in [0.1, 0.15) is 11.6 Å². The molecule has 1 aliphatic rings. The van der Waals surface area contributed by atoms with Crippen LogP contribution in [0.15, 0.2) is 12.1 Å². The molecule has 18 heavy (non-hydrogen) atoms. The first-order valence-electron chi connectivity index (χ1n) is 5.62. The number of nitrogens with zero attached hydrogens (tertiary/aromatic N) is 1. The Morgan fingerprint density at radius 1 is 1.33 bits per heavy atom. The molecule has 4 N–H and O–H groups in total. The van der Waals surface area contributed by atoms with Crippen molar-refractivity contribution in [3.8, 4) is 0 Å².